The minimum Gasteiger partial charge on any atom is -0.478 e. The van der Waals surface area contributed by atoms with Crippen LogP contribution in [-0.2, 0) is 12.7 Å². The predicted molar refractivity (Wildman–Crippen MR) is 54.5 cm³/mol. The highest BCUT2D eigenvalue weighted by molar-refractivity contribution is 9.11. The molecule has 0 atom stereocenters. The maximum atomic E-state index is 12.4. The van der Waals surface area contributed by atoms with Crippen LogP contribution in [0.3, 0.4) is 0 Å². The molecule has 0 unspecified atom stereocenters. The summed E-state index contributed by atoms with van der Waals surface area (Å²) in [5.41, 5.74) is -1.92. The molecule has 0 aliphatic rings. The molecule has 16 heavy (non-hydrogen) atoms. The van der Waals surface area contributed by atoms with Crippen LogP contribution < -0.4 is 0 Å². The van der Waals surface area contributed by atoms with Crippen LogP contribution in [0.4, 0.5) is 13.2 Å². The van der Waals surface area contributed by atoms with Crippen molar-refractivity contribution in [2.75, 3.05) is 0 Å². The van der Waals surface area contributed by atoms with Gasteiger partial charge in [-0.1, -0.05) is 22.5 Å². The lowest BCUT2D eigenvalue weighted by atomic mass is 10.2. The molecule has 88 valence electrons. The average molecular weight is 298 g/mol. The molecule has 1 aromatic rings. The highest BCUT2D eigenvalue weighted by atomic mass is 79.9. The van der Waals surface area contributed by atoms with Crippen molar-refractivity contribution < 1.29 is 23.1 Å². The van der Waals surface area contributed by atoms with Crippen LogP contribution in [-0.4, -0.2) is 15.6 Å². The van der Waals surface area contributed by atoms with Crippen LogP contribution in [0, 0.1) is 0 Å². The van der Waals surface area contributed by atoms with Crippen molar-refractivity contribution in [1.82, 2.24) is 4.57 Å². The van der Waals surface area contributed by atoms with Crippen molar-refractivity contribution >= 4 is 21.9 Å². The van der Waals surface area contributed by atoms with Gasteiger partial charge in [-0.3, -0.25) is 0 Å². The predicted octanol–water partition coefficient (Wildman–Crippen LogP) is 3.11. The molecular formula is C9H7BrF3NO2. The number of nitrogens with zero attached hydrogens (tertiary/aromatic N) is 1. The van der Waals surface area contributed by atoms with Gasteiger partial charge in [-0.2, -0.15) is 13.2 Å². The maximum absolute atomic E-state index is 12.4. The first-order valence-electron chi connectivity index (χ1n) is 4.05. The Balaban J connectivity index is 3.21. The summed E-state index contributed by atoms with van der Waals surface area (Å²) in [5.74, 6) is -1.61. The molecule has 0 fully saturated rings. The molecule has 0 saturated carbocycles. The third kappa shape index (κ3) is 2.88. The number of carboxylic acid groups (broad SMARTS) is 1. The zero-order valence-electron chi connectivity index (χ0n) is 7.88. The third-order valence-electron chi connectivity index (χ3n) is 1.77. The zero-order valence-corrected chi connectivity index (χ0v) is 9.47. The molecular weight excluding hydrogens is 291 g/mol. The van der Waals surface area contributed by atoms with E-state index in [0.717, 1.165) is 17.0 Å². The van der Waals surface area contributed by atoms with Gasteiger partial charge in [0.25, 0.3) is 0 Å². The molecule has 0 aliphatic heterocycles. The number of hydrogen-bond acceptors (Lipinski definition) is 1. The SMILES string of the molecule is C=C(Br)Cn1cc(C(=O)O)c(C(F)(F)F)c1. The van der Waals surface area contributed by atoms with Gasteiger partial charge in [0, 0.05) is 16.9 Å². The summed E-state index contributed by atoms with van der Waals surface area (Å²) < 4.78 is 38.9. The van der Waals surface area contributed by atoms with Crippen molar-refractivity contribution in [3.8, 4) is 0 Å². The number of allylic oxidation sites excluding steroid dienone is 1. The van der Waals surface area contributed by atoms with Gasteiger partial charge in [0.05, 0.1) is 17.7 Å². The van der Waals surface area contributed by atoms with Gasteiger partial charge < -0.3 is 9.67 Å². The number of carbonyl (C=O) groups is 1. The summed E-state index contributed by atoms with van der Waals surface area (Å²) in [6.45, 7) is 3.54. The molecule has 1 N–H and O–H groups in total. The summed E-state index contributed by atoms with van der Waals surface area (Å²) in [6.07, 6.45) is -3.00. The average Bonchev–Trinajstić information content (AvgIpc) is 2.45. The molecule has 0 aromatic carbocycles. The lowest BCUT2D eigenvalue weighted by Crippen LogP contribution is -2.09. The van der Waals surface area contributed by atoms with Gasteiger partial charge in [0.15, 0.2) is 0 Å². The fourth-order valence-corrected chi connectivity index (χ4v) is 1.48. The zero-order chi connectivity index (χ0) is 12.5. The summed E-state index contributed by atoms with van der Waals surface area (Å²) in [4.78, 5) is 10.6. The second kappa shape index (κ2) is 4.32. The van der Waals surface area contributed by atoms with E-state index in [1.807, 2.05) is 0 Å². The second-order valence-corrected chi connectivity index (χ2v) is 4.20. The number of aromatic carboxylic acids is 1. The molecule has 1 aromatic heterocycles. The van der Waals surface area contributed by atoms with E-state index in [9.17, 15) is 18.0 Å². The van der Waals surface area contributed by atoms with E-state index >= 15 is 0 Å². The Labute approximate surface area is 97.3 Å². The van der Waals surface area contributed by atoms with E-state index < -0.39 is 23.3 Å². The van der Waals surface area contributed by atoms with Crippen LogP contribution in [0.15, 0.2) is 23.5 Å². The summed E-state index contributed by atoms with van der Waals surface area (Å²) >= 11 is 2.99. The highest BCUT2D eigenvalue weighted by Gasteiger charge is 2.36. The maximum Gasteiger partial charge on any atom is 0.418 e. The molecule has 1 rings (SSSR count). The second-order valence-electron chi connectivity index (χ2n) is 3.08. The first-order valence-corrected chi connectivity index (χ1v) is 4.84. The summed E-state index contributed by atoms with van der Waals surface area (Å²) in [5, 5.41) is 8.63. The Bertz CT molecular complexity index is 436. The number of carboxylic acids is 1. The molecule has 0 radical (unpaired) electrons. The molecule has 0 spiro atoms. The van der Waals surface area contributed by atoms with Gasteiger partial charge in [0.2, 0.25) is 0 Å². The molecule has 7 heteroatoms. The lowest BCUT2D eigenvalue weighted by molar-refractivity contribution is -0.138. The van der Waals surface area contributed by atoms with Crippen LogP contribution in [0.1, 0.15) is 15.9 Å². The largest absolute Gasteiger partial charge is 0.478 e. The number of aromatic nitrogens is 1. The van der Waals surface area contributed by atoms with E-state index in [1.165, 1.54) is 0 Å². The van der Waals surface area contributed by atoms with Crippen molar-refractivity contribution in [3.63, 3.8) is 0 Å². The van der Waals surface area contributed by atoms with Crippen LogP contribution in [0.5, 0.6) is 0 Å². The molecule has 0 bridgehead atoms. The van der Waals surface area contributed by atoms with Gasteiger partial charge in [-0.25, -0.2) is 4.79 Å². The van der Waals surface area contributed by atoms with Gasteiger partial charge >= 0.3 is 12.1 Å². The Morgan fingerprint density at radius 2 is 2.06 bits per heavy atom. The fraction of sp³-hybridized carbons (Fsp3) is 0.222. The Morgan fingerprint density at radius 3 is 2.38 bits per heavy atom. The van der Waals surface area contributed by atoms with Crippen molar-refractivity contribution in [3.05, 3.63) is 34.6 Å². The number of alkyl halides is 3. The lowest BCUT2D eigenvalue weighted by Gasteiger charge is -2.04. The smallest absolute Gasteiger partial charge is 0.418 e. The van der Waals surface area contributed by atoms with Gasteiger partial charge in [0.1, 0.15) is 0 Å². The van der Waals surface area contributed by atoms with Crippen LogP contribution in [0.25, 0.3) is 0 Å². The quantitative estimate of drug-likeness (QED) is 0.931. The van der Waals surface area contributed by atoms with Crippen molar-refractivity contribution in [2.24, 2.45) is 0 Å². The van der Waals surface area contributed by atoms with Crippen LogP contribution >= 0.6 is 15.9 Å². The van der Waals surface area contributed by atoms with E-state index in [0.29, 0.717) is 4.48 Å². The first-order chi connectivity index (χ1) is 7.21. The number of hydrogen-bond donors (Lipinski definition) is 1. The minimum absolute atomic E-state index is 0.0797. The number of halogens is 4. The Kier molecular flexibility index (Phi) is 3.47. The topological polar surface area (TPSA) is 42.2 Å². The number of rotatable bonds is 3. The first kappa shape index (κ1) is 12.8. The molecule has 0 aliphatic carbocycles. The Morgan fingerprint density at radius 1 is 1.50 bits per heavy atom. The van der Waals surface area contributed by atoms with E-state index in [1.54, 1.807) is 0 Å². The van der Waals surface area contributed by atoms with Crippen molar-refractivity contribution in [2.45, 2.75) is 12.7 Å². The third-order valence-corrected chi connectivity index (χ3v) is 2.02. The molecule has 0 saturated heterocycles. The highest BCUT2D eigenvalue weighted by Crippen LogP contribution is 2.32. The summed E-state index contributed by atoms with van der Waals surface area (Å²) in [7, 11) is 0. The monoisotopic (exact) mass is 297 g/mol. The van der Waals surface area contributed by atoms with Crippen molar-refractivity contribution in [1.29, 1.82) is 0 Å². The molecule has 0 amide bonds. The van der Waals surface area contributed by atoms with E-state index in [-0.39, 0.29) is 6.54 Å². The Hall–Kier alpha value is -1.24. The normalized spacial score (nSPS) is 11.5. The van der Waals surface area contributed by atoms with Gasteiger partial charge in [-0.05, 0) is 0 Å². The van der Waals surface area contributed by atoms with E-state index in [2.05, 4.69) is 22.5 Å². The van der Waals surface area contributed by atoms with Gasteiger partial charge in [-0.15, -0.1) is 0 Å². The standard InChI is InChI=1S/C9H7BrF3NO2/c1-5(10)2-14-3-6(8(15)16)7(4-14)9(11,12)13/h3-4H,1-2H2,(H,15,16). The van der Waals surface area contributed by atoms with Crippen LogP contribution in [0.2, 0.25) is 0 Å². The summed E-state index contributed by atoms with van der Waals surface area (Å²) in [6, 6.07) is 0. The molecule has 1 heterocycles. The molecule has 3 nitrogen and oxygen atoms in total. The van der Waals surface area contributed by atoms with E-state index in [4.69, 9.17) is 5.11 Å². The fourth-order valence-electron chi connectivity index (χ4n) is 1.19. The minimum atomic E-state index is -4.67.